The number of carbonyl (C=O) groups excluding carboxylic acids is 2. The van der Waals surface area contributed by atoms with Crippen molar-refractivity contribution in [3.63, 3.8) is 0 Å². The maximum absolute atomic E-state index is 13.3. The summed E-state index contributed by atoms with van der Waals surface area (Å²) in [7, 11) is 0. The van der Waals surface area contributed by atoms with Crippen LogP contribution >= 0.6 is 15.9 Å². The van der Waals surface area contributed by atoms with Gasteiger partial charge in [0.25, 0.3) is 5.91 Å². The van der Waals surface area contributed by atoms with Crippen LogP contribution in [0, 0.1) is 0 Å². The predicted octanol–water partition coefficient (Wildman–Crippen LogP) is 4.12. The molecular weight excluding hydrogens is 380 g/mol. The average molecular weight is 399 g/mol. The summed E-state index contributed by atoms with van der Waals surface area (Å²) in [4.78, 5) is 27.3. The number of fused-ring (bicyclic) bond motifs is 2. The Bertz CT molecular complexity index is 834. The molecule has 1 spiro atoms. The van der Waals surface area contributed by atoms with Crippen LogP contribution in [0.1, 0.15) is 36.0 Å². The second kappa shape index (κ2) is 6.30. The Kier molecular flexibility index (Phi) is 4.12. The van der Waals surface area contributed by atoms with Crippen molar-refractivity contribution >= 4 is 27.9 Å². The molecule has 0 radical (unpaired) electrons. The number of nitrogens with zero attached hydrogens (tertiary/aromatic N) is 1. The van der Waals surface area contributed by atoms with Gasteiger partial charge in [0.2, 0.25) is 0 Å². The summed E-state index contributed by atoms with van der Waals surface area (Å²) >= 11 is 3.41. The molecule has 1 aliphatic carbocycles. The van der Waals surface area contributed by atoms with Crippen molar-refractivity contribution in [3.8, 4) is 0 Å². The topological polar surface area (TPSA) is 49.4 Å². The minimum atomic E-state index is -0.903. The van der Waals surface area contributed by atoms with E-state index in [4.69, 9.17) is 0 Å². The van der Waals surface area contributed by atoms with E-state index >= 15 is 0 Å². The predicted molar refractivity (Wildman–Crippen MR) is 98.9 cm³/mol. The zero-order valence-corrected chi connectivity index (χ0v) is 15.4. The zero-order valence-electron chi connectivity index (χ0n) is 13.8. The normalized spacial score (nSPS) is 22.7. The van der Waals surface area contributed by atoms with Gasteiger partial charge < -0.3 is 5.32 Å². The van der Waals surface area contributed by atoms with Crippen molar-refractivity contribution in [1.29, 1.82) is 0 Å². The molecule has 1 N–H and O–H groups in total. The summed E-state index contributed by atoms with van der Waals surface area (Å²) < 4.78 is 0.975. The lowest BCUT2D eigenvalue weighted by Crippen LogP contribution is -2.44. The smallest absolute Gasteiger partial charge is 0.319 e. The van der Waals surface area contributed by atoms with Crippen LogP contribution in [0.5, 0.6) is 0 Å². The molecule has 0 aromatic heterocycles. The van der Waals surface area contributed by atoms with Crippen molar-refractivity contribution in [2.45, 2.75) is 37.8 Å². The number of halogens is 1. The van der Waals surface area contributed by atoms with E-state index in [9.17, 15) is 9.59 Å². The molecule has 5 heteroatoms. The summed E-state index contributed by atoms with van der Waals surface area (Å²) in [5.41, 5.74) is 2.16. The molecule has 0 saturated carbocycles. The third-order valence-electron chi connectivity index (χ3n) is 5.15. The quantitative estimate of drug-likeness (QED) is 0.773. The summed E-state index contributed by atoms with van der Waals surface area (Å²) in [6, 6.07) is 15.4. The van der Waals surface area contributed by atoms with E-state index in [1.165, 1.54) is 10.5 Å². The fourth-order valence-corrected chi connectivity index (χ4v) is 4.15. The van der Waals surface area contributed by atoms with Gasteiger partial charge in [-0.1, -0.05) is 52.3 Å². The van der Waals surface area contributed by atoms with Gasteiger partial charge in [-0.3, -0.25) is 9.69 Å². The third kappa shape index (κ3) is 2.76. The van der Waals surface area contributed by atoms with Gasteiger partial charge in [-0.2, -0.15) is 0 Å². The lowest BCUT2D eigenvalue weighted by atomic mass is 9.84. The molecule has 0 bridgehead atoms. The summed E-state index contributed by atoms with van der Waals surface area (Å²) in [5, 5.41) is 3.03. The molecule has 1 fully saturated rings. The van der Waals surface area contributed by atoms with Crippen molar-refractivity contribution in [1.82, 2.24) is 10.2 Å². The van der Waals surface area contributed by atoms with E-state index in [2.05, 4.69) is 27.3 Å². The number of amides is 3. The largest absolute Gasteiger partial charge is 0.325 e. The van der Waals surface area contributed by atoms with Crippen molar-refractivity contribution < 1.29 is 9.59 Å². The first-order chi connectivity index (χ1) is 12.1. The Morgan fingerprint density at radius 2 is 1.80 bits per heavy atom. The van der Waals surface area contributed by atoms with Crippen LogP contribution in [0.2, 0.25) is 0 Å². The Balaban J connectivity index is 1.70. The van der Waals surface area contributed by atoms with Crippen LogP contribution in [0.15, 0.2) is 53.0 Å². The van der Waals surface area contributed by atoms with Crippen LogP contribution in [-0.4, -0.2) is 16.8 Å². The molecule has 3 amide bonds. The molecule has 1 aliphatic heterocycles. The number of nitrogens with one attached hydrogen (secondary N) is 1. The summed E-state index contributed by atoms with van der Waals surface area (Å²) in [5.74, 6) is -0.130. The highest BCUT2D eigenvalue weighted by Crippen LogP contribution is 2.39. The van der Waals surface area contributed by atoms with Crippen LogP contribution in [0.4, 0.5) is 4.79 Å². The van der Waals surface area contributed by atoms with Crippen LogP contribution in [0.25, 0.3) is 0 Å². The SMILES string of the molecule is O=C1NC2(CCCCc3ccccc32)C(=O)N1Cc1ccc(Br)cc1. The Morgan fingerprint density at radius 1 is 1.04 bits per heavy atom. The molecule has 2 aliphatic rings. The maximum atomic E-state index is 13.3. The molecule has 25 heavy (non-hydrogen) atoms. The van der Waals surface area contributed by atoms with Crippen molar-refractivity contribution in [2.75, 3.05) is 0 Å². The highest BCUT2D eigenvalue weighted by atomic mass is 79.9. The Labute approximate surface area is 155 Å². The van der Waals surface area contributed by atoms with E-state index in [1.54, 1.807) is 0 Å². The summed E-state index contributed by atoms with van der Waals surface area (Å²) in [6.45, 7) is 0.294. The van der Waals surface area contributed by atoms with Crippen LogP contribution < -0.4 is 5.32 Å². The molecular formula is C20H19BrN2O2. The van der Waals surface area contributed by atoms with Gasteiger partial charge in [0.05, 0.1) is 6.54 Å². The fraction of sp³-hybridized carbons (Fsp3) is 0.300. The molecule has 1 heterocycles. The lowest BCUT2D eigenvalue weighted by Gasteiger charge is -2.27. The van der Waals surface area contributed by atoms with E-state index < -0.39 is 5.54 Å². The number of imide groups is 1. The van der Waals surface area contributed by atoms with Gasteiger partial charge >= 0.3 is 6.03 Å². The summed E-state index contributed by atoms with van der Waals surface area (Å²) in [6.07, 6.45) is 3.57. The first-order valence-electron chi connectivity index (χ1n) is 8.57. The first-order valence-corrected chi connectivity index (χ1v) is 9.36. The highest BCUT2D eigenvalue weighted by Gasteiger charge is 2.53. The van der Waals surface area contributed by atoms with Crippen molar-refractivity contribution in [3.05, 3.63) is 69.7 Å². The molecule has 1 atom stereocenters. The van der Waals surface area contributed by atoms with Crippen molar-refractivity contribution in [2.24, 2.45) is 0 Å². The van der Waals surface area contributed by atoms with Gasteiger partial charge in [0.15, 0.2) is 0 Å². The van der Waals surface area contributed by atoms with E-state index in [1.807, 2.05) is 42.5 Å². The molecule has 4 rings (SSSR count). The van der Waals surface area contributed by atoms with Crippen LogP contribution in [-0.2, 0) is 23.3 Å². The van der Waals surface area contributed by atoms with E-state index in [0.717, 1.165) is 34.9 Å². The number of rotatable bonds is 2. The monoisotopic (exact) mass is 398 g/mol. The van der Waals surface area contributed by atoms with E-state index in [-0.39, 0.29) is 11.9 Å². The molecule has 1 unspecified atom stereocenters. The number of urea groups is 1. The highest BCUT2D eigenvalue weighted by molar-refractivity contribution is 9.10. The molecule has 4 nitrogen and oxygen atoms in total. The standard InChI is InChI=1S/C20H19BrN2O2/c21-16-10-8-14(9-11-16)13-23-18(24)20(22-19(23)25)12-4-3-6-15-5-1-2-7-17(15)20/h1-2,5,7-11H,3-4,6,12-13H2,(H,22,25). The molecule has 2 aromatic carbocycles. The molecule has 128 valence electrons. The van der Waals surface area contributed by atoms with Gasteiger partial charge in [-0.15, -0.1) is 0 Å². The van der Waals surface area contributed by atoms with Crippen LogP contribution in [0.3, 0.4) is 0 Å². The number of carbonyl (C=O) groups is 2. The Morgan fingerprint density at radius 3 is 2.60 bits per heavy atom. The van der Waals surface area contributed by atoms with Gasteiger partial charge in [-0.05, 0) is 54.5 Å². The third-order valence-corrected chi connectivity index (χ3v) is 5.68. The van der Waals surface area contributed by atoms with Gasteiger partial charge in [0.1, 0.15) is 5.54 Å². The number of benzene rings is 2. The fourth-order valence-electron chi connectivity index (χ4n) is 3.89. The number of hydrogen-bond donors (Lipinski definition) is 1. The maximum Gasteiger partial charge on any atom is 0.325 e. The van der Waals surface area contributed by atoms with E-state index in [0.29, 0.717) is 13.0 Å². The average Bonchev–Trinajstić information content (AvgIpc) is 2.76. The molecule has 1 saturated heterocycles. The lowest BCUT2D eigenvalue weighted by molar-refractivity contribution is -0.132. The minimum Gasteiger partial charge on any atom is -0.319 e. The zero-order chi connectivity index (χ0) is 17.4. The number of aryl methyl sites for hydroxylation is 1. The number of hydrogen-bond acceptors (Lipinski definition) is 2. The van der Waals surface area contributed by atoms with Gasteiger partial charge in [-0.25, -0.2) is 4.79 Å². The molecule has 2 aromatic rings. The first kappa shape index (κ1) is 16.3. The second-order valence-corrected chi connectivity index (χ2v) is 7.63. The minimum absolute atomic E-state index is 0.130. The van der Waals surface area contributed by atoms with Gasteiger partial charge in [0, 0.05) is 4.47 Å². The Hall–Kier alpha value is -2.14. The second-order valence-electron chi connectivity index (χ2n) is 6.72.